The molecule has 3 N–H and O–H groups in total. The molecule has 29 heavy (non-hydrogen) atoms. The molecule has 0 saturated carbocycles. The van der Waals surface area contributed by atoms with Gasteiger partial charge in [0.15, 0.2) is 5.13 Å². The lowest BCUT2D eigenvalue weighted by molar-refractivity contribution is -0.121. The number of aliphatic hydroxyl groups excluding tert-OH is 1. The van der Waals surface area contributed by atoms with Gasteiger partial charge in [0, 0.05) is 23.6 Å². The Balaban J connectivity index is 1.51. The molecule has 2 aromatic heterocycles. The maximum Gasteiger partial charge on any atom is 0.260 e. The van der Waals surface area contributed by atoms with E-state index in [1.807, 2.05) is 0 Å². The number of amides is 2. The van der Waals surface area contributed by atoms with Crippen molar-refractivity contribution in [3.05, 3.63) is 70.1 Å². The molecule has 0 aliphatic rings. The zero-order chi connectivity index (χ0) is 21.0. The number of halogens is 2. The Hall–Kier alpha value is -3.11. The molecule has 0 aliphatic carbocycles. The third kappa shape index (κ3) is 5.24. The van der Waals surface area contributed by atoms with Crippen LogP contribution in [0.3, 0.4) is 0 Å². The number of aromatic nitrogens is 1. The molecule has 2 amide bonds. The summed E-state index contributed by atoms with van der Waals surface area (Å²) < 4.78 is 31.6. The minimum Gasteiger partial charge on any atom is -0.469 e. The molecule has 1 aromatic carbocycles. The van der Waals surface area contributed by atoms with E-state index in [9.17, 15) is 23.5 Å². The minimum atomic E-state index is -1.32. The summed E-state index contributed by atoms with van der Waals surface area (Å²) in [6, 6.07) is 4.36. The largest absolute Gasteiger partial charge is 0.469 e. The van der Waals surface area contributed by atoms with Crippen LogP contribution in [-0.2, 0) is 11.2 Å². The number of anilines is 1. The molecule has 2 heterocycles. The fourth-order valence-electron chi connectivity index (χ4n) is 2.55. The van der Waals surface area contributed by atoms with Gasteiger partial charge in [-0.1, -0.05) is 6.07 Å². The van der Waals surface area contributed by atoms with Crippen LogP contribution < -0.4 is 10.6 Å². The zero-order valence-electron chi connectivity index (χ0n) is 15.2. The summed E-state index contributed by atoms with van der Waals surface area (Å²) in [5, 5.41) is 17.0. The molecular weight excluding hydrogens is 404 g/mol. The first-order valence-electron chi connectivity index (χ1n) is 8.53. The minimum absolute atomic E-state index is 0.0876. The number of carbonyl (C=O) groups is 2. The van der Waals surface area contributed by atoms with E-state index in [2.05, 4.69) is 15.6 Å². The Bertz CT molecular complexity index is 1030. The van der Waals surface area contributed by atoms with Crippen molar-refractivity contribution in [2.45, 2.75) is 19.4 Å². The fraction of sp³-hybridized carbons (Fsp3) is 0.211. The van der Waals surface area contributed by atoms with Crippen LogP contribution in [0.4, 0.5) is 13.9 Å². The first-order chi connectivity index (χ1) is 13.8. The van der Waals surface area contributed by atoms with Gasteiger partial charge in [0.2, 0.25) is 5.91 Å². The Morgan fingerprint density at radius 3 is 2.79 bits per heavy atom. The van der Waals surface area contributed by atoms with E-state index in [1.165, 1.54) is 6.26 Å². The molecule has 7 nitrogen and oxygen atoms in total. The van der Waals surface area contributed by atoms with Gasteiger partial charge in [0.05, 0.1) is 30.0 Å². The highest BCUT2D eigenvalue weighted by Crippen LogP contribution is 2.19. The molecule has 0 saturated heterocycles. The second-order valence-electron chi connectivity index (χ2n) is 6.15. The van der Waals surface area contributed by atoms with Crippen molar-refractivity contribution in [1.82, 2.24) is 10.3 Å². The van der Waals surface area contributed by atoms with E-state index >= 15 is 0 Å². The number of nitrogens with zero attached hydrogens (tertiary/aromatic N) is 1. The molecule has 1 atom stereocenters. The van der Waals surface area contributed by atoms with Gasteiger partial charge in [-0.15, -0.1) is 11.3 Å². The van der Waals surface area contributed by atoms with Gasteiger partial charge in [-0.25, -0.2) is 13.8 Å². The highest BCUT2D eigenvalue weighted by Gasteiger charge is 2.17. The Labute approximate surface area is 168 Å². The number of aliphatic hydroxyl groups is 1. The van der Waals surface area contributed by atoms with Crippen molar-refractivity contribution in [3.63, 3.8) is 0 Å². The standard InChI is InChI=1S/C19H17F2N3O4S/c1-10-13(4-5-28-10)18(27)24-19-23-12(9-29-19)7-17(26)22-8-16(25)14-3-2-11(20)6-15(14)21/h2-6,9,16,25H,7-8H2,1H3,(H,22,26)(H,23,24,27). The molecular formula is C19H17F2N3O4S. The van der Waals surface area contributed by atoms with Crippen LogP contribution in [0.25, 0.3) is 0 Å². The number of hydrogen-bond acceptors (Lipinski definition) is 6. The second kappa shape index (κ2) is 8.93. The van der Waals surface area contributed by atoms with Crippen LogP contribution in [0.5, 0.6) is 0 Å². The Morgan fingerprint density at radius 1 is 1.31 bits per heavy atom. The lowest BCUT2D eigenvalue weighted by Crippen LogP contribution is -2.30. The summed E-state index contributed by atoms with van der Waals surface area (Å²) in [4.78, 5) is 28.3. The van der Waals surface area contributed by atoms with Gasteiger partial charge in [-0.2, -0.15) is 0 Å². The number of benzene rings is 1. The zero-order valence-corrected chi connectivity index (χ0v) is 16.1. The predicted octanol–water partition coefficient (Wildman–Crippen LogP) is 2.97. The quantitative estimate of drug-likeness (QED) is 0.544. The number of furan rings is 1. The van der Waals surface area contributed by atoms with Crippen LogP contribution in [0.1, 0.15) is 33.5 Å². The summed E-state index contributed by atoms with van der Waals surface area (Å²) >= 11 is 1.16. The van der Waals surface area contributed by atoms with Crippen LogP contribution in [0.2, 0.25) is 0 Å². The van der Waals surface area contributed by atoms with E-state index in [0.29, 0.717) is 28.2 Å². The molecule has 152 valence electrons. The van der Waals surface area contributed by atoms with Crippen molar-refractivity contribution in [3.8, 4) is 0 Å². The summed E-state index contributed by atoms with van der Waals surface area (Å²) in [6.07, 6.45) is 0.00660. The number of rotatable bonds is 7. The lowest BCUT2D eigenvalue weighted by Gasteiger charge is -2.13. The summed E-state index contributed by atoms with van der Waals surface area (Å²) in [6.45, 7) is 1.42. The number of aryl methyl sites for hydroxylation is 1. The van der Waals surface area contributed by atoms with Crippen molar-refractivity contribution in [1.29, 1.82) is 0 Å². The van der Waals surface area contributed by atoms with Crippen LogP contribution in [-0.4, -0.2) is 28.4 Å². The van der Waals surface area contributed by atoms with Gasteiger partial charge < -0.3 is 14.8 Å². The summed E-state index contributed by atoms with van der Waals surface area (Å²) in [5.74, 6) is -1.97. The topological polar surface area (TPSA) is 104 Å². The van der Waals surface area contributed by atoms with Crippen molar-refractivity contribution in [2.24, 2.45) is 0 Å². The van der Waals surface area contributed by atoms with Crippen LogP contribution in [0.15, 0.2) is 40.3 Å². The van der Waals surface area contributed by atoms with E-state index in [0.717, 1.165) is 23.5 Å². The van der Waals surface area contributed by atoms with Gasteiger partial charge in [0.1, 0.15) is 17.4 Å². The van der Waals surface area contributed by atoms with Gasteiger partial charge >= 0.3 is 0 Å². The van der Waals surface area contributed by atoms with Crippen molar-refractivity contribution in [2.75, 3.05) is 11.9 Å². The predicted molar refractivity (Wildman–Crippen MR) is 102 cm³/mol. The maximum absolute atomic E-state index is 13.6. The molecule has 0 aliphatic heterocycles. The Morgan fingerprint density at radius 2 is 2.10 bits per heavy atom. The third-order valence-corrected chi connectivity index (χ3v) is 4.84. The average Bonchev–Trinajstić information content (AvgIpc) is 3.28. The van der Waals surface area contributed by atoms with Gasteiger partial charge in [0.25, 0.3) is 5.91 Å². The first-order valence-corrected chi connectivity index (χ1v) is 9.41. The Kier molecular flexibility index (Phi) is 6.35. The average molecular weight is 421 g/mol. The van der Waals surface area contributed by atoms with E-state index in [4.69, 9.17) is 4.42 Å². The van der Waals surface area contributed by atoms with E-state index in [-0.39, 0.29) is 24.4 Å². The highest BCUT2D eigenvalue weighted by atomic mass is 32.1. The van der Waals surface area contributed by atoms with Crippen molar-refractivity contribution >= 4 is 28.3 Å². The monoisotopic (exact) mass is 421 g/mol. The molecule has 0 radical (unpaired) electrons. The van der Waals surface area contributed by atoms with Gasteiger partial charge in [-0.3, -0.25) is 14.9 Å². The van der Waals surface area contributed by atoms with Crippen LogP contribution >= 0.6 is 11.3 Å². The number of carbonyl (C=O) groups excluding carboxylic acids is 2. The van der Waals surface area contributed by atoms with E-state index in [1.54, 1.807) is 18.4 Å². The SMILES string of the molecule is Cc1occc1C(=O)Nc1nc(CC(=O)NCC(O)c2ccc(F)cc2F)cs1. The van der Waals surface area contributed by atoms with Gasteiger partial charge in [-0.05, 0) is 19.1 Å². The highest BCUT2D eigenvalue weighted by molar-refractivity contribution is 7.14. The van der Waals surface area contributed by atoms with Crippen molar-refractivity contribution < 1.29 is 27.9 Å². The molecule has 0 fully saturated rings. The molecule has 3 aromatic rings. The number of nitrogens with one attached hydrogen (secondary N) is 2. The fourth-order valence-corrected chi connectivity index (χ4v) is 3.26. The van der Waals surface area contributed by atoms with Crippen LogP contribution in [0, 0.1) is 18.6 Å². The molecule has 1 unspecified atom stereocenters. The number of thiazole rings is 1. The number of hydrogen-bond donors (Lipinski definition) is 3. The third-order valence-electron chi connectivity index (χ3n) is 4.03. The summed E-state index contributed by atoms with van der Waals surface area (Å²) in [7, 11) is 0. The maximum atomic E-state index is 13.6. The summed E-state index contributed by atoms with van der Waals surface area (Å²) in [5.41, 5.74) is 0.704. The normalized spacial score (nSPS) is 11.9. The lowest BCUT2D eigenvalue weighted by atomic mass is 10.1. The molecule has 10 heteroatoms. The molecule has 3 rings (SSSR count). The van der Waals surface area contributed by atoms with E-state index < -0.39 is 23.6 Å². The smallest absolute Gasteiger partial charge is 0.260 e. The first kappa shape index (κ1) is 20.6. The molecule has 0 bridgehead atoms. The second-order valence-corrected chi connectivity index (χ2v) is 7.01. The molecule has 0 spiro atoms.